The maximum atomic E-state index is 9.26. The lowest BCUT2D eigenvalue weighted by Crippen LogP contribution is -2.17. The summed E-state index contributed by atoms with van der Waals surface area (Å²) < 4.78 is 0. The van der Waals surface area contributed by atoms with Crippen LogP contribution >= 0.6 is 0 Å². The molecule has 0 aliphatic carbocycles. The standard InChI is InChI=1S/C10H15NO/c1-2-10(12)8-11-9-6-4-3-5-7-9/h3-7,10-12H,2,8H2,1H3. The van der Waals surface area contributed by atoms with E-state index in [1.165, 1.54) is 0 Å². The van der Waals surface area contributed by atoms with Gasteiger partial charge in [0.2, 0.25) is 0 Å². The van der Waals surface area contributed by atoms with Gasteiger partial charge in [0, 0.05) is 12.2 Å². The Hall–Kier alpha value is -1.02. The van der Waals surface area contributed by atoms with Gasteiger partial charge in [-0.2, -0.15) is 0 Å². The van der Waals surface area contributed by atoms with Crippen LogP contribution in [0.15, 0.2) is 30.3 Å². The van der Waals surface area contributed by atoms with Gasteiger partial charge >= 0.3 is 0 Å². The molecule has 0 aliphatic heterocycles. The third kappa shape index (κ3) is 2.93. The first-order valence-corrected chi connectivity index (χ1v) is 4.30. The van der Waals surface area contributed by atoms with Crippen LogP contribution in [0.2, 0.25) is 0 Å². The molecule has 0 spiro atoms. The molecule has 2 heteroatoms. The normalized spacial score (nSPS) is 12.5. The van der Waals surface area contributed by atoms with Gasteiger partial charge in [0.25, 0.3) is 0 Å². The molecule has 0 heterocycles. The van der Waals surface area contributed by atoms with Crippen LogP contribution in [0.1, 0.15) is 13.3 Å². The molecule has 0 fully saturated rings. The van der Waals surface area contributed by atoms with Crippen molar-refractivity contribution in [3.05, 3.63) is 30.3 Å². The van der Waals surface area contributed by atoms with E-state index >= 15 is 0 Å². The second-order valence-corrected chi connectivity index (χ2v) is 2.81. The van der Waals surface area contributed by atoms with Gasteiger partial charge in [-0.1, -0.05) is 25.1 Å². The number of rotatable bonds is 4. The molecule has 1 rings (SSSR count). The van der Waals surface area contributed by atoms with Crippen LogP contribution in [0.5, 0.6) is 0 Å². The van der Waals surface area contributed by atoms with Crippen LogP contribution in [0.25, 0.3) is 0 Å². The first-order valence-electron chi connectivity index (χ1n) is 4.30. The van der Waals surface area contributed by atoms with Crippen molar-refractivity contribution >= 4 is 5.69 Å². The van der Waals surface area contributed by atoms with Crippen molar-refractivity contribution in [1.82, 2.24) is 0 Å². The van der Waals surface area contributed by atoms with Gasteiger partial charge in [0.05, 0.1) is 6.10 Å². The molecule has 0 saturated heterocycles. The summed E-state index contributed by atoms with van der Waals surface area (Å²) in [6, 6.07) is 9.90. The van der Waals surface area contributed by atoms with Crippen molar-refractivity contribution in [1.29, 1.82) is 0 Å². The monoisotopic (exact) mass is 165 g/mol. The summed E-state index contributed by atoms with van der Waals surface area (Å²) in [5.41, 5.74) is 1.06. The molecule has 0 saturated carbocycles. The van der Waals surface area contributed by atoms with Gasteiger partial charge in [-0.3, -0.25) is 0 Å². The molecule has 0 bridgehead atoms. The molecule has 12 heavy (non-hydrogen) atoms. The van der Waals surface area contributed by atoms with Crippen LogP contribution in [0, 0.1) is 0 Å². The second-order valence-electron chi connectivity index (χ2n) is 2.81. The van der Waals surface area contributed by atoms with Gasteiger partial charge in [-0.15, -0.1) is 0 Å². The number of hydrogen-bond acceptors (Lipinski definition) is 2. The first kappa shape index (κ1) is 9.07. The Balaban J connectivity index is 2.33. The molecule has 0 amide bonds. The molecule has 2 nitrogen and oxygen atoms in total. The van der Waals surface area contributed by atoms with Gasteiger partial charge in [0.15, 0.2) is 0 Å². The summed E-state index contributed by atoms with van der Waals surface area (Å²) in [5, 5.41) is 12.4. The number of para-hydroxylation sites is 1. The fourth-order valence-corrected chi connectivity index (χ4v) is 0.936. The number of aliphatic hydroxyl groups excluding tert-OH is 1. The average Bonchev–Trinajstić information content (AvgIpc) is 2.16. The third-order valence-corrected chi connectivity index (χ3v) is 1.79. The van der Waals surface area contributed by atoms with E-state index in [4.69, 9.17) is 0 Å². The Morgan fingerprint density at radius 1 is 1.33 bits per heavy atom. The van der Waals surface area contributed by atoms with E-state index in [2.05, 4.69) is 5.32 Å². The highest BCUT2D eigenvalue weighted by atomic mass is 16.3. The quantitative estimate of drug-likeness (QED) is 0.713. The van der Waals surface area contributed by atoms with Gasteiger partial charge in [-0.05, 0) is 18.6 Å². The zero-order valence-corrected chi connectivity index (χ0v) is 7.33. The Kier molecular flexibility index (Phi) is 3.61. The molecule has 1 aromatic carbocycles. The highest BCUT2D eigenvalue weighted by Gasteiger charge is 1.98. The Morgan fingerprint density at radius 2 is 2.00 bits per heavy atom. The topological polar surface area (TPSA) is 32.3 Å². The summed E-state index contributed by atoms with van der Waals surface area (Å²) in [6.45, 7) is 2.60. The highest BCUT2D eigenvalue weighted by Crippen LogP contribution is 2.04. The molecule has 0 aliphatic rings. The average molecular weight is 165 g/mol. The molecule has 1 unspecified atom stereocenters. The summed E-state index contributed by atoms with van der Waals surface area (Å²) >= 11 is 0. The largest absolute Gasteiger partial charge is 0.391 e. The third-order valence-electron chi connectivity index (χ3n) is 1.79. The summed E-state index contributed by atoms with van der Waals surface area (Å²) in [4.78, 5) is 0. The number of hydrogen-bond donors (Lipinski definition) is 2. The van der Waals surface area contributed by atoms with Crippen molar-refractivity contribution < 1.29 is 5.11 Å². The zero-order chi connectivity index (χ0) is 8.81. The fourth-order valence-electron chi connectivity index (χ4n) is 0.936. The Morgan fingerprint density at radius 3 is 2.58 bits per heavy atom. The molecular weight excluding hydrogens is 150 g/mol. The Labute approximate surface area is 73.2 Å². The molecular formula is C10H15NO. The minimum atomic E-state index is -0.245. The van der Waals surface area contributed by atoms with Crippen molar-refractivity contribution in [2.45, 2.75) is 19.4 Å². The number of aliphatic hydroxyl groups is 1. The lowest BCUT2D eigenvalue weighted by molar-refractivity contribution is 0.183. The molecule has 1 aromatic rings. The van der Waals surface area contributed by atoms with Crippen LogP contribution in [-0.2, 0) is 0 Å². The molecule has 0 radical (unpaired) electrons. The van der Waals surface area contributed by atoms with E-state index in [-0.39, 0.29) is 6.10 Å². The van der Waals surface area contributed by atoms with Crippen molar-refractivity contribution in [2.75, 3.05) is 11.9 Å². The van der Waals surface area contributed by atoms with Gasteiger partial charge < -0.3 is 10.4 Å². The Bertz CT molecular complexity index is 210. The number of anilines is 1. The van der Waals surface area contributed by atoms with Crippen LogP contribution in [-0.4, -0.2) is 17.8 Å². The number of nitrogens with one attached hydrogen (secondary N) is 1. The summed E-state index contributed by atoms with van der Waals surface area (Å²) in [7, 11) is 0. The van der Waals surface area contributed by atoms with E-state index in [1.807, 2.05) is 37.3 Å². The minimum Gasteiger partial charge on any atom is -0.391 e. The molecule has 0 aromatic heterocycles. The SMILES string of the molecule is CCC(O)CNc1ccccc1. The lowest BCUT2D eigenvalue weighted by atomic mass is 10.2. The van der Waals surface area contributed by atoms with E-state index in [0.717, 1.165) is 12.1 Å². The number of benzene rings is 1. The van der Waals surface area contributed by atoms with E-state index in [0.29, 0.717) is 6.54 Å². The lowest BCUT2D eigenvalue weighted by Gasteiger charge is -2.09. The first-order chi connectivity index (χ1) is 5.83. The molecule has 66 valence electrons. The van der Waals surface area contributed by atoms with Crippen molar-refractivity contribution in [2.24, 2.45) is 0 Å². The van der Waals surface area contributed by atoms with Gasteiger partial charge in [-0.25, -0.2) is 0 Å². The van der Waals surface area contributed by atoms with Gasteiger partial charge in [0.1, 0.15) is 0 Å². The van der Waals surface area contributed by atoms with E-state index in [1.54, 1.807) is 0 Å². The summed E-state index contributed by atoms with van der Waals surface area (Å²) in [6.07, 6.45) is 0.546. The maximum Gasteiger partial charge on any atom is 0.0709 e. The van der Waals surface area contributed by atoms with Crippen LogP contribution in [0.4, 0.5) is 5.69 Å². The second kappa shape index (κ2) is 4.78. The summed E-state index contributed by atoms with van der Waals surface area (Å²) in [5.74, 6) is 0. The molecule has 1 atom stereocenters. The predicted molar refractivity (Wildman–Crippen MR) is 51.2 cm³/mol. The van der Waals surface area contributed by atoms with Crippen LogP contribution in [0.3, 0.4) is 0 Å². The fraction of sp³-hybridized carbons (Fsp3) is 0.400. The van der Waals surface area contributed by atoms with Crippen LogP contribution < -0.4 is 5.32 Å². The highest BCUT2D eigenvalue weighted by molar-refractivity contribution is 5.42. The van der Waals surface area contributed by atoms with E-state index < -0.39 is 0 Å². The smallest absolute Gasteiger partial charge is 0.0709 e. The molecule has 2 N–H and O–H groups in total. The predicted octanol–water partition coefficient (Wildman–Crippen LogP) is 1.87. The maximum absolute atomic E-state index is 9.26. The van der Waals surface area contributed by atoms with Crippen molar-refractivity contribution in [3.8, 4) is 0 Å². The van der Waals surface area contributed by atoms with E-state index in [9.17, 15) is 5.11 Å². The minimum absolute atomic E-state index is 0.245. The zero-order valence-electron chi connectivity index (χ0n) is 7.33. The van der Waals surface area contributed by atoms with Crippen molar-refractivity contribution in [3.63, 3.8) is 0 Å².